The van der Waals surface area contributed by atoms with E-state index in [1.54, 1.807) is 11.8 Å². The lowest BCUT2D eigenvalue weighted by Crippen LogP contribution is -2.55. The number of hydrogen-bond acceptors (Lipinski definition) is 4. The molecule has 2 saturated heterocycles. The summed E-state index contributed by atoms with van der Waals surface area (Å²) >= 11 is 0. The Labute approximate surface area is 149 Å². The van der Waals surface area contributed by atoms with E-state index in [-0.39, 0.29) is 17.9 Å². The topological polar surface area (TPSA) is 61.9 Å². The van der Waals surface area contributed by atoms with Gasteiger partial charge in [-0.15, -0.1) is 0 Å². The summed E-state index contributed by atoms with van der Waals surface area (Å²) in [6, 6.07) is 7.66. The lowest BCUT2D eigenvalue weighted by Gasteiger charge is -2.37. The van der Waals surface area contributed by atoms with Gasteiger partial charge >= 0.3 is 0 Å². The van der Waals surface area contributed by atoms with E-state index in [0.717, 1.165) is 30.7 Å². The van der Waals surface area contributed by atoms with Crippen LogP contribution in [0, 0.1) is 6.92 Å². The van der Waals surface area contributed by atoms with Crippen LogP contribution in [0.15, 0.2) is 24.3 Å². The van der Waals surface area contributed by atoms with Crippen LogP contribution in [0.4, 0.5) is 0 Å². The largest absolute Gasteiger partial charge is 0.481 e. The van der Waals surface area contributed by atoms with Gasteiger partial charge in [0.2, 0.25) is 5.91 Å². The molecule has 3 rings (SSSR count). The zero-order valence-electron chi connectivity index (χ0n) is 15.0. The number of rotatable bonds is 4. The summed E-state index contributed by atoms with van der Waals surface area (Å²) < 4.78 is 5.83. The van der Waals surface area contributed by atoms with E-state index in [4.69, 9.17) is 4.74 Å². The van der Waals surface area contributed by atoms with Gasteiger partial charge in [0.25, 0.3) is 5.91 Å². The maximum absolute atomic E-state index is 12.6. The first-order valence-corrected chi connectivity index (χ1v) is 9.09. The smallest absolute Gasteiger partial charge is 0.263 e. The van der Waals surface area contributed by atoms with Gasteiger partial charge in [-0.3, -0.25) is 9.59 Å². The highest BCUT2D eigenvalue weighted by Crippen LogP contribution is 2.19. The van der Waals surface area contributed by atoms with Gasteiger partial charge in [-0.2, -0.15) is 0 Å². The molecule has 0 radical (unpaired) electrons. The first-order chi connectivity index (χ1) is 12.1. The third kappa shape index (κ3) is 4.12. The van der Waals surface area contributed by atoms with Gasteiger partial charge in [-0.1, -0.05) is 18.2 Å². The summed E-state index contributed by atoms with van der Waals surface area (Å²) in [5, 5.41) is 3.25. The van der Waals surface area contributed by atoms with Crippen molar-refractivity contribution in [3.63, 3.8) is 0 Å². The monoisotopic (exact) mass is 345 g/mol. The van der Waals surface area contributed by atoms with E-state index < -0.39 is 6.10 Å². The molecular formula is C19H27N3O3. The molecule has 1 aromatic carbocycles. The number of amides is 2. The molecule has 2 unspecified atom stereocenters. The van der Waals surface area contributed by atoms with Crippen molar-refractivity contribution in [1.29, 1.82) is 0 Å². The molecule has 136 valence electrons. The number of carbonyl (C=O) groups is 2. The van der Waals surface area contributed by atoms with E-state index in [9.17, 15) is 9.59 Å². The Balaban J connectivity index is 1.51. The van der Waals surface area contributed by atoms with Crippen LogP contribution in [-0.4, -0.2) is 66.5 Å². The first-order valence-electron chi connectivity index (χ1n) is 9.09. The van der Waals surface area contributed by atoms with E-state index in [1.807, 2.05) is 36.1 Å². The van der Waals surface area contributed by atoms with Crippen LogP contribution in [0.25, 0.3) is 0 Å². The number of nitrogens with zero attached hydrogens (tertiary/aromatic N) is 2. The summed E-state index contributed by atoms with van der Waals surface area (Å²) in [4.78, 5) is 28.7. The summed E-state index contributed by atoms with van der Waals surface area (Å²) in [6.45, 7) is 7.00. The van der Waals surface area contributed by atoms with Gasteiger partial charge in [0, 0.05) is 26.2 Å². The van der Waals surface area contributed by atoms with Crippen molar-refractivity contribution < 1.29 is 14.3 Å². The van der Waals surface area contributed by atoms with Crippen molar-refractivity contribution in [3.05, 3.63) is 29.8 Å². The minimum Gasteiger partial charge on any atom is -0.481 e. The first kappa shape index (κ1) is 17.7. The molecule has 2 atom stereocenters. The highest BCUT2D eigenvalue weighted by Gasteiger charge is 2.31. The Kier molecular flexibility index (Phi) is 5.58. The van der Waals surface area contributed by atoms with E-state index in [1.165, 1.54) is 0 Å². The van der Waals surface area contributed by atoms with Gasteiger partial charge < -0.3 is 19.9 Å². The lowest BCUT2D eigenvalue weighted by molar-refractivity contribution is -0.144. The van der Waals surface area contributed by atoms with E-state index in [2.05, 4.69) is 5.32 Å². The SMILES string of the molecule is Cc1ccccc1OC(C)C(=O)N1CCN(C(=O)C2CCCN2)CC1. The lowest BCUT2D eigenvalue weighted by atomic mass is 10.1. The molecule has 25 heavy (non-hydrogen) atoms. The minimum atomic E-state index is -0.528. The fourth-order valence-electron chi connectivity index (χ4n) is 3.45. The highest BCUT2D eigenvalue weighted by molar-refractivity contribution is 5.83. The number of hydrogen-bond donors (Lipinski definition) is 1. The number of ether oxygens (including phenoxy) is 1. The van der Waals surface area contributed by atoms with Crippen molar-refractivity contribution in [2.24, 2.45) is 0 Å². The second-order valence-corrected chi connectivity index (χ2v) is 6.83. The van der Waals surface area contributed by atoms with Crippen molar-refractivity contribution in [1.82, 2.24) is 15.1 Å². The van der Waals surface area contributed by atoms with Crippen molar-refractivity contribution in [3.8, 4) is 5.75 Å². The summed E-state index contributed by atoms with van der Waals surface area (Å²) in [5.74, 6) is 0.896. The Bertz CT molecular complexity index is 620. The Morgan fingerprint density at radius 1 is 1.16 bits per heavy atom. The van der Waals surface area contributed by atoms with Crippen molar-refractivity contribution >= 4 is 11.8 Å². The van der Waals surface area contributed by atoms with Crippen LogP contribution in [0.3, 0.4) is 0 Å². The number of aryl methyl sites for hydroxylation is 1. The molecule has 2 heterocycles. The normalized spacial score (nSPS) is 21.9. The molecule has 0 bridgehead atoms. The molecule has 6 nitrogen and oxygen atoms in total. The van der Waals surface area contributed by atoms with Crippen molar-refractivity contribution in [2.75, 3.05) is 32.7 Å². The summed E-state index contributed by atoms with van der Waals surface area (Å²) in [7, 11) is 0. The van der Waals surface area contributed by atoms with Crippen LogP contribution >= 0.6 is 0 Å². The quantitative estimate of drug-likeness (QED) is 0.890. The Morgan fingerprint density at radius 2 is 1.84 bits per heavy atom. The molecule has 0 saturated carbocycles. The number of piperazine rings is 1. The van der Waals surface area contributed by atoms with Gasteiger partial charge in [0.15, 0.2) is 6.10 Å². The summed E-state index contributed by atoms with van der Waals surface area (Å²) in [6.07, 6.45) is 1.45. The van der Waals surface area contributed by atoms with Crippen LogP contribution in [0.1, 0.15) is 25.3 Å². The number of nitrogens with one attached hydrogen (secondary N) is 1. The molecule has 2 amide bonds. The molecule has 2 fully saturated rings. The second kappa shape index (κ2) is 7.87. The third-order valence-electron chi connectivity index (χ3n) is 5.01. The van der Waals surface area contributed by atoms with Gasteiger partial charge in [0.1, 0.15) is 5.75 Å². The molecule has 0 aromatic heterocycles. The fourth-order valence-corrected chi connectivity index (χ4v) is 3.45. The predicted octanol–water partition coefficient (Wildman–Crippen LogP) is 1.19. The van der Waals surface area contributed by atoms with Crippen LogP contribution in [0.5, 0.6) is 5.75 Å². The average molecular weight is 345 g/mol. The molecule has 1 N–H and O–H groups in total. The third-order valence-corrected chi connectivity index (χ3v) is 5.01. The van der Waals surface area contributed by atoms with Gasteiger partial charge in [-0.25, -0.2) is 0 Å². The Morgan fingerprint density at radius 3 is 2.48 bits per heavy atom. The molecular weight excluding hydrogens is 318 g/mol. The maximum Gasteiger partial charge on any atom is 0.263 e. The predicted molar refractivity (Wildman–Crippen MR) is 95.5 cm³/mol. The van der Waals surface area contributed by atoms with Crippen molar-refractivity contribution in [2.45, 2.75) is 38.8 Å². The molecule has 2 aliphatic heterocycles. The zero-order valence-corrected chi connectivity index (χ0v) is 15.0. The minimum absolute atomic E-state index is 0.0191. The second-order valence-electron chi connectivity index (χ2n) is 6.83. The van der Waals surface area contributed by atoms with Crippen LogP contribution in [-0.2, 0) is 9.59 Å². The number of benzene rings is 1. The summed E-state index contributed by atoms with van der Waals surface area (Å²) in [5.41, 5.74) is 1.02. The maximum atomic E-state index is 12.6. The Hall–Kier alpha value is -2.08. The average Bonchev–Trinajstić information content (AvgIpc) is 3.17. The molecule has 0 aliphatic carbocycles. The zero-order chi connectivity index (χ0) is 17.8. The molecule has 0 spiro atoms. The van der Waals surface area contributed by atoms with Gasteiger partial charge in [0.05, 0.1) is 6.04 Å². The standard InChI is InChI=1S/C19H27N3O3/c1-14-6-3-4-8-17(14)25-15(2)18(23)21-10-12-22(13-11-21)19(24)16-7-5-9-20-16/h3-4,6,8,15-16,20H,5,7,9-13H2,1-2H3. The van der Waals surface area contributed by atoms with Crippen LogP contribution < -0.4 is 10.1 Å². The highest BCUT2D eigenvalue weighted by atomic mass is 16.5. The van der Waals surface area contributed by atoms with E-state index in [0.29, 0.717) is 26.2 Å². The molecule has 6 heteroatoms. The number of para-hydroxylation sites is 1. The van der Waals surface area contributed by atoms with E-state index >= 15 is 0 Å². The molecule has 1 aromatic rings. The molecule has 2 aliphatic rings. The fraction of sp³-hybridized carbons (Fsp3) is 0.579. The number of carbonyl (C=O) groups excluding carboxylic acids is 2. The van der Waals surface area contributed by atoms with Crippen LogP contribution in [0.2, 0.25) is 0 Å². The van der Waals surface area contributed by atoms with Gasteiger partial charge in [-0.05, 0) is 44.9 Å².